The molecule has 1 saturated carbocycles. The van der Waals surface area contributed by atoms with Crippen LogP contribution in [-0.4, -0.2) is 23.0 Å². The maximum Gasteiger partial charge on any atom is 0.233 e. The Balaban J connectivity index is 2.62. The second kappa shape index (κ2) is 4.72. The number of amidine groups is 1. The summed E-state index contributed by atoms with van der Waals surface area (Å²) in [6.07, 6.45) is 2.54. The van der Waals surface area contributed by atoms with Gasteiger partial charge in [-0.3, -0.25) is 4.79 Å². The van der Waals surface area contributed by atoms with Gasteiger partial charge in [-0.05, 0) is 32.1 Å². The summed E-state index contributed by atoms with van der Waals surface area (Å²) in [4.78, 5) is 12.0. The zero-order valence-electron chi connectivity index (χ0n) is 10.2. The van der Waals surface area contributed by atoms with Gasteiger partial charge >= 0.3 is 0 Å². The minimum absolute atomic E-state index is 0.0279. The van der Waals surface area contributed by atoms with Gasteiger partial charge in [0.25, 0.3) is 0 Å². The summed E-state index contributed by atoms with van der Waals surface area (Å²) in [5.41, 5.74) is 4.66. The molecule has 1 atom stereocenters. The van der Waals surface area contributed by atoms with Crippen LogP contribution in [0.15, 0.2) is 5.16 Å². The van der Waals surface area contributed by atoms with Crippen LogP contribution >= 0.6 is 0 Å². The van der Waals surface area contributed by atoms with Crippen LogP contribution in [0.2, 0.25) is 0 Å². The van der Waals surface area contributed by atoms with E-state index in [1.807, 2.05) is 6.92 Å². The first kappa shape index (κ1) is 12.8. The van der Waals surface area contributed by atoms with E-state index in [1.165, 1.54) is 0 Å². The van der Waals surface area contributed by atoms with Crippen LogP contribution < -0.4 is 11.1 Å². The lowest BCUT2D eigenvalue weighted by Gasteiger charge is -2.36. The standard InChI is InChI=1S/C11H21N3O2/c1-4-11(3,9(12)14-16)10(15)13-8-5-7(2)6-8/h7-8,16H,4-6H2,1-3H3,(H2,12,14)(H,13,15). The molecule has 0 aromatic carbocycles. The minimum atomic E-state index is -0.909. The number of carbonyl (C=O) groups excluding carboxylic acids is 1. The van der Waals surface area contributed by atoms with Crippen molar-refractivity contribution in [2.45, 2.75) is 46.1 Å². The molecule has 0 heterocycles. The lowest BCUT2D eigenvalue weighted by molar-refractivity contribution is -0.128. The molecule has 1 unspecified atom stereocenters. The SMILES string of the molecule is CCC(C)(C(=O)NC1CC(C)C1)C(N)=NO. The van der Waals surface area contributed by atoms with E-state index in [-0.39, 0.29) is 17.8 Å². The van der Waals surface area contributed by atoms with E-state index in [1.54, 1.807) is 6.92 Å². The molecule has 5 heteroatoms. The Hall–Kier alpha value is -1.26. The summed E-state index contributed by atoms with van der Waals surface area (Å²) in [7, 11) is 0. The number of amides is 1. The minimum Gasteiger partial charge on any atom is -0.409 e. The smallest absolute Gasteiger partial charge is 0.233 e. The van der Waals surface area contributed by atoms with Gasteiger partial charge in [-0.15, -0.1) is 0 Å². The molecule has 0 aliphatic heterocycles. The second-order valence-corrected chi connectivity index (χ2v) is 4.92. The Bertz CT molecular complexity index is 298. The quantitative estimate of drug-likeness (QED) is 0.290. The van der Waals surface area contributed by atoms with Crippen molar-refractivity contribution in [3.05, 3.63) is 0 Å². The first-order valence-corrected chi connectivity index (χ1v) is 5.73. The highest BCUT2D eigenvalue weighted by Crippen LogP contribution is 2.28. The molecule has 4 N–H and O–H groups in total. The molecule has 1 aliphatic rings. The molecule has 0 radical (unpaired) electrons. The predicted molar refractivity (Wildman–Crippen MR) is 62.1 cm³/mol. The molecule has 92 valence electrons. The van der Waals surface area contributed by atoms with Crippen LogP contribution in [0.25, 0.3) is 0 Å². The van der Waals surface area contributed by atoms with E-state index in [9.17, 15) is 4.79 Å². The highest BCUT2D eigenvalue weighted by Gasteiger charge is 2.39. The monoisotopic (exact) mass is 227 g/mol. The third-order valence-corrected chi connectivity index (χ3v) is 3.59. The maximum absolute atomic E-state index is 12.0. The maximum atomic E-state index is 12.0. The summed E-state index contributed by atoms with van der Waals surface area (Å²) in [5.74, 6) is 0.504. The van der Waals surface area contributed by atoms with Gasteiger partial charge in [-0.1, -0.05) is 19.0 Å². The lowest BCUT2D eigenvalue weighted by atomic mass is 9.79. The molecule has 1 aliphatic carbocycles. The third-order valence-electron chi connectivity index (χ3n) is 3.59. The topological polar surface area (TPSA) is 87.7 Å². The van der Waals surface area contributed by atoms with Crippen molar-refractivity contribution >= 4 is 11.7 Å². The Kier molecular flexibility index (Phi) is 3.78. The molecule has 16 heavy (non-hydrogen) atoms. The van der Waals surface area contributed by atoms with Crippen LogP contribution in [0.4, 0.5) is 0 Å². The number of rotatable bonds is 4. The van der Waals surface area contributed by atoms with E-state index >= 15 is 0 Å². The van der Waals surface area contributed by atoms with Gasteiger partial charge in [0.1, 0.15) is 5.41 Å². The van der Waals surface area contributed by atoms with E-state index < -0.39 is 5.41 Å². The Morgan fingerprint density at radius 2 is 2.19 bits per heavy atom. The molecular weight excluding hydrogens is 206 g/mol. The highest BCUT2D eigenvalue weighted by atomic mass is 16.4. The number of nitrogens with one attached hydrogen (secondary N) is 1. The van der Waals surface area contributed by atoms with Crippen LogP contribution in [0.5, 0.6) is 0 Å². The first-order chi connectivity index (χ1) is 7.43. The van der Waals surface area contributed by atoms with Gasteiger partial charge < -0.3 is 16.3 Å². The van der Waals surface area contributed by atoms with Crippen LogP contribution in [0.3, 0.4) is 0 Å². The van der Waals surface area contributed by atoms with Crippen molar-refractivity contribution in [1.29, 1.82) is 0 Å². The van der Waals surface area contributed by atoms with E-state index in [4.69, 9.17) is 10.9 Å². The summed E-state index contributed by atoms with van der Waals surface area (Å²) in [6.45, 7) is 5.70. The zero-order chi connectivity index (χ0) is 12.3. The van der Waals surface area contributed by atoms with Crippen molar-refractivity contribution in [3.8, 4) is 0 Å². The van der Waals surface area contributed by atoms with E-state index in [0.717, 1.165) is 12.8 Å². The van der Waals surface area contributed by atoms with Crippen molar-refractivity contribution < 1.29 is 10.0 Å². The molecule has 0 aromatic rings. The fourth-order valence-electron chi connectivity index (χ4n) is 1.93. The predicted octanol–water partition coefficient (Wildman–Crippen LogP) is 1.06. The van der Waals surface area contributed by atoms with Gasteiger partial charge in [0, 0.05) is 6.04 Å². The lowest BCUT2D eigenvalue weighted by Crippen LogP contribution is -2.53. The number of nitrogens with two attached hydrogens (primary N) is 1. The van der Waals surface area contributed by atoms with Crippen LogP contribution in [0.1, 0.15) is 40.0 Å². The van der Waals surface area contributed by atoms with Gasteiger partial charge in [0.15, 0.2) is 5.84 Å². The number of hydrogen-bond acceptors (Lipinski definition) is 3. The molecule has 1 rings (SSSR count). The summed E-state index contributed by atoms with van der Waals surface area (Å²) in [6, 6.07) is 0.250. The van der Waals surface area contributed by atoms with Crippen molar-refractivity contribution in [1.82, 2.24) is 5.32 Å². The fourth-order valence-corrected chi connectivity index (χ4v) is 1.93. The normalized spacial score (nSPS) is 29.1. The van der Waals surface area contributed by atoms with Crippen molar-refractivity contribution in [3.63, 3.8) is 0 Å². The number of oxime groups is 1. The molecule has 0 saturated heterocycles. The zero-order valence-corrected chi connectivity index (χ0v) is 10.2. The molecule has 1 amide bonds. The van der Waals surface area contributed by atoms with Crippen molar-refractivity contribution in [2.24, 2.45) is 22.2 Å². The van der Waals surface area contributed by atoms with Gasteiger partial charge in [-0.2, -0.15) is 0 Å². The summed E-state index contributed by atoms with van der Waals surface area (Å²) >= 11 is 0. The fraction of sp³-hybridized carbons (Fsp3) is 0.818. The van der Waals surface area contributed by atoms with Crippen LogP contribution in [-0.2, 0) is 4.79 Å². The molecular formula is C11H21N3O2. The summed E-state index contributed by atoms with van der Waals surface area (Å²) in [5, 5.41) is 14.6. The number of nitrogens with zero attached hydrogens (tertiary/aromatic N) is 1. The van der Waals surface area contributed by atoms with E-state index in [0.29, 0.717) is 12.3 Å². The molecule has 0 spiro atoms. The van der Waals surface area contributed by atoms with E-state index in [2.05, 4.69) is 17.4 Å². The number of hydrogen-bond donors (Lipinski definition) is 3. The Labute approximate surface area is 96.1 Å². The average molecular weight is 227 g/mol. The average Bonchev–Trinajstić information content (AvgIpc) is 2.24. The van der Waals surface area contributed by atoms with Gasteiger partial charge in [0.05, 0.1) is 0 Å². The largest absolute Gasteiger partial charge is 0.409 e. The number of carbonyl (C=O) groups is 1. The van der Waals surface area contributed by atoms with Gasteiger partial charge in [-0.25, -0.2) is 0 Å². The summed E-state index contributed by atoms with van der Waals surface area (Å²) < 4.78 is 0. The third kappa shape index (κ3) is 2.28. The first-order valence-electron chi connectivity index (χ1n) is 5.73. The second-order valence-electron chi connectivity index (χ2n) is 4.92. The van der Waals surface area contributed by atoms with Crippen molar-refractivity contribution in [2.75, 3.05) is 0 Å². The molecule has 5 nitrogen and oxygen atoms in total. The molecule has 0 bridgehead atoms. The van der Waals surface area contributed by atoms with Crippen LogP contribution in [0, 0.1) is 11.3 Å². The Morgan fingerprint density at radius 1 is 1.62 bits per heavy atom. The highest BCUT2D eigenvalue weighted by molar-refractivity contribution is 6.06. The Morgan fingerprint density at radius 3 is 2.56 bits per heavy atom. The molecule has 0 aromatic heterocycles. The van der Waals surface area contributed by atoms with Gasteiger partial charge in [0.2, 0.25) is 5.91 Å². The molecule has 1 fully saturated rings.